The van der Waals surface area contributed by atoms with Gasteiger partial charge >= 0.3 is 0 Å². The molecule has 7 nitrogen and oxygen atoms in total. The molecule has 1 heterocycles. The molecule has 19 heavy (non-hydrogen) atoms. The van der Waals surface area contributed by atoms with E-state index in [2.05, 4.69) is 39.8 Å². The van der Waals surface area contributed by atoms with Crippen LogP contribution in [0.1, 0.15) is 30.3 Å². The van der Waals surface area contributed by atoms with Crippen LogP contribution in [0.15, 0.2) is 12.1 Å². The van der Waals surface area contributed by atoms with Gasteiger partial charge in [-0.1, -0.05) is 0 Å². The summed E-state index contributed by atoms with van der Waals surface area (Å²) in [6, 6.07) is 4.20. The molecule has 1 fully saturated rings. The Hall–Kier alpha value is -1.73. The maximum Gasteiger partial charge on any atom is 0.271 e. The number of carbonyl (C=O) groups is 1. The largest absolute Gasteiger partial charge is 0.349 e. The fraction of sp³-hybridized carbons (Fsp3) is 0.583. The summed E-state index contributed by atoms with van der Waals surface area (Å²) in [7, 11) is 2.09. The summed E-state index contributed by atoms with van der Waals surface area (Å²) < 4.78 is 0. The minimum Gasteiger partial charge on any atom is -0.349 e. The number of anilines is 1. The molecule has 1 atom stereocenters. The number of nitrogens with zero attached hydrogens (tertiary/aromatic N) is 3. The summed E-state index contributed by atoms with van der Waals surface area (Å²) >= 11 is 0. The summed E-state index contributed by atoms with van der Waals surface area (Å²) in [5.41, 5.74) is 2.66. The molecule has 0 aromatic carbocycles. The van der Waals surface area contributed by atoms with E-state index >= 15 is 0 Å². The molecular formula is C12H20N6O. The topological polar surface area (TPSA) is 96.2 Å². The molecule has 1 aromatic heterocycles. The van der Waals surface area contributed by atoms with Gasteiger partial charge in [0.15, 0.2) is 11.5 Å². The summed E-state index contributed by atoms with van der Waals surface area (Å²) in [5, 5.41) is 10.4. The average Bonchev–Trinajstić information content (AvgIpc) is 3.28. The minimum atomic E-state index is -0.216. The SMILES string of the molecule is CC(CNC(=O)c1ccc(NN)nn1)N(C)C1CC1. The fourth-order valence-electron chi connectivity index (χ4n) is 1.85. The summed E-state index contributed by atoms with van der Waals surface area (Å²) in [6.07, 6.45) is 2.52. The lowest BCUT2D eigenvalue weighted by Gasteiger charge is -2.24. The van der Waals surface area contributed by atoms with E-state index < -0.39 is 0 Å². The van der Waals surface area contributed by atoms with Crippen LogP contribution in [0.25, 0.3) is 0 Å². The molecule has 0 spiro atoms. The second-order valence-corrected chi connectivity index (χ2v) is 4.90. The van der Waals surface area contributed by atoms with Gasteiger partial charge in [0.25, 0.3) is 5.91 Å². The minimum absolute atomic E-state index is 0.216. The third-order valence-corrected chi connectivity index (χ3v) is 3.42. The first-order chi connectivity index (χ1) is 9.11. The number of hydrogen-bond acceptors (Lipinski definition) is 6. The van der Waals surface area contributed by atoms with Crippen LogP contribution in [0.2, 0.25) is 0 Å². The number of rotatable bonds is 6. The first-order valence-corrected chi connectivity index (χ1v) is 6.42. The predicted molar refractivity (Wildman–Crippen MR) is 72.4 cm³/mol. The number of carbonyl (C=O) groups excluding carboxylic acids is 1. The lowest BCUT2D eigenvalue weighted by atomic mass is 10.2. The van der Waals surface area contributed by atoms with Gasteiger partial charge in [0, 0.05) is 18.6 Å². The van der Waals surface area contributed by atoms with E-state index in [0.29, 0.717) is 30.1 Å². The van der Waals surface area contributed by atoms with E-state index in [1.807, 2.05) is 0 Å². The number of nitrogens with two attached hydrogens (primary N) is 1. The quantitative estimate of drug-likeness (QED) is 0.493. The lowest BCUT2D eigenvalue weighted by Crippen LogP contribution is -2.41. The molecule has 1 unspecified atom stereocenters. The molecule has 1 aliphatic rings. The molecular weight excluding hydrogens is 244 g/mol. The van der Waals surface area contributed by atoms with E-state index in [4.69, 9.17) is 5.84 Å². The fourth-order valence-corrected chi connectivity index (χ4v) is 1.85. The van der Waals surface area contributed by atoms with E-state index in [0.717, 1.165) is 0 Å². The highest BCUT2D eigenvalue weighted by molar-refractivity contribution is 5.92. The zero-order valence-electron chi connectivity index (χ0n) is 11.3. The van der Waals surface area contributed by atoms with Gasteiger partial charge in [-0.15, -0.1) is 10.2 Å². The smallest absolute Gasteiger partial charge is 0.271 e. The molecule has 1 amide bonds. The van der Waals surface area contributed by atoms with Crippen LogP contribution >= 0.6 is 0 Å². The van der Waals surface area contributed by atoms with Crippen LogP contribution in [0.3, 0.4) is 0 Å². The number of nitrogens with one attached hydrogen (secondary N) is 2. The summed E-state index contributed by atoms with van der Waals surface area (Å²) in [4.78, 5) is 14.2. The van der Waals surface area contributed by atoms with Crippen LogP contribution in [-0.2, 0) is 0 Å². The van der Waals surface area contributed by atoms with Gasteiger partial charge in [-0.05, 0) is 38.9 Å². The van der Waals surface area contributed by atoms with Crippen molar-refractivity contribution in [2.75, 3.05) is 19.0 Å². The van der Waals surface area contributed by atoms with E-state index in [1.54, 1.807) is 12.1 Å². The monoisotopic (exact) mass is 264 g/mol. The molecule has 7 heteroatoms. The third-order valence-electron chi connectivity index (χ3n) is 3.42. The van der Waals surface area contributed by atoms with Crippen molar-refractivity contribution in [3.05, 3.63) is 17.8 Å². The maximum absolute atomic E-state index is 11.9. The zero-order chi connectivity index (χ0) is 13.8. The molecule has 0 saturated heterocycles. The van der Waals surface area contributed by atoms with E-state index in [-0.39, 0.29) is 5.91 Å². The Bertz CT molecular complexity index is 430. The Balaban J connectivity index is 1.82. The molecule has 1 aliphatic carbocycles. The van der Waals surface area contributed by atoms with Gasteiger partial charge in [-0.2, -0.15) is 0 Å². The molecule has 1 aromatic rings. The van der Waals surface area contributed by atoms with Gasteiger partial charge in [0.05, 0.1) is 0 Å². The second-order valence-electron chi connectivity index (χ2n) is 4.90. The van der Waals surface area contributed by atoms with Gasteiger partial charge in [-0.25, -0.2) is 5.84 Å². The Morgan fingerprint density at radius 2 is 2.26 bits per heavy atom. The van der Waals surface area contributed by atoms with Crippen LogP contribution in [0.4, 0.5) is 5.82 Å². The molecule has 1 saturated carbocycles. The van der Waals surface area contributed by atoms with Gasteiger partial charge in [-0.3, -0.25) is 9.69 Å². The Morgan fingerprint density at radius 1 is 1.53 bits per heavy atom. The Kier molecular flexibility index (Phi) is 4.28. The zero-order valence-corrected chi connectivity index (χ0v) is 11.3. The Morgan fingerprint density at radius 3 is 2.79 bits per heavy atom. The van der Waals surface area contributed by atoms with Gasteiger partial charge in [0.1, 0.15) is 0 Å². The molecule has 0 radical (unpaired) electrons. The number of nitrogen functional groups attached to an aromatic ring is 1. The highest BCUT2D eigenvalue weighted by Crippen LogP contribution is 2.26. The summed E-state index contributed by atoms with van der Waals surface area (Å²) in [5.74, 6) is 5.40. The number of amides is 1. The van der Waals surface area contributed by atoms with Crippen molar-refractivity contribution in [2.24, 2.45) is 5.84 Å². The number of hydrogen-bond donors (Lipinski definition) is 3. The van der Waals surface area contributed by atoms with Gasteiger partial charge in [0.2, 0.25) is 0 Å². The van der Waals surface area contributed by atoms with Crippen LogP contribution in [0, 0.1) is 0 Å². The Labute approximate surface area is 112 Å². The predicted octanol–water partition coefficient (Wildman–Crippen LogP) is -0.0253. The van der Waals surface area contributed by atoms with Crippen molar-refractivity contribution in [1.82, 2.24) is 20.4 Å². The lowest BCUT2D eigenvalue weighted by molar-refractivity contribution is 0.0933. The van der Waals surface area contributed by atoms with Crippen molar-refractivity contribution in [2.45, 2.75) is 31.8 Å². The normalized spacial score (nSPS) is 16.2. The third kappa shape index (κ3) is 3.62. The van der Waals surface area contributed by atoms with Crippen molar-refractivity contribution in [3.63, 3.8) is 0 Å². The maximum atomic E-state index is 11.9. The molecule has 2 rings (SSSR count). The van der Waals surface area contributed by atoms with Crippen molar-refractivity contribution in [1.29, 1.82) is 0 Å². The molecule has 0 bridgehead atoms. The molecule has 0 aliphatic heterocycles. The van der Waals surface area contributed by atoms with Crippen LogP contribution in [0.5, 0.6) is 0 Å². The van der Waals surface area contributed by atoms with Gasteiger partial charge < -0.3 is 10.7 Å². The second kappa shape index (κ2) is 5.94. The number of aromatic nitrogens is 2. The number of hydrazine groups is 1. The van der Waals surface area contributed by atoms with Crippen molar-refractivity contribution in [3.8, 4) is 0 Å². The number of likely N-dealkylation sites (N-methyl/N-ethyl adjacent to an activating group) is 1. The van der Waals surface area contributed by atoms with E-state index in [9.17, 15) is 4.79 Å². The first kappa shape index (κ1) is 13.7. The van der Waals surface area contributed by atoms with Crippen LogP contribution in [-0.4, -0.2) is 46.7 Å². The highest BCUT2D eigenvalue weighted by atomic mass is 16.1. The van der Waals surface area contributed by atoms with Crippen molar-refractivity contribution >= 4 is 11.7 Å². The highest BCUT2D eigenvalue weighted by Gasteiger charge is 2.29. The standard InChI is InChI=1S/C12H20N6O/c1-8(18(2)9-3-4-9)7-14-12(19)10-5-6-11(15-13)17-16-10/h5-6,8-9H,3-4,7,13H2,1-2H3,(H,14,19)(H,15,17). The summed E-state index contributed by atoms with van der Waals surface area (Å²) in [6.45, 7) is 2.70. The average molecular weight is 264 g/mol. The molecule has 4 N–H and O–H groups in total. The van der Waals surface area contributed by atoms with Crippen LogP contribution < -0.4 is 16.6 Å². The van der Waals surface area contributed by atoms with Crippen molar-refractivity contribution < 1.29 is 4.79 Å². The molecule has 104 valence electrons. The first-order valence-electron chi connectivity index (χ1n) is 6.42. The van der Waals surface area contributed by atoms with E-state index in [1.165, 1.54) is 12.8 Å².